The van der Waals surface area contributed by atoms with Gasteiger partial charge in [-0.15, -0.1) is 0 Å². The van der Waals surface area contributed by atoms with E-state index in [-0.39, 0.29) is 5.91 Å². The molecule has 0 bridgehead atoms. The van der Waals surface area contributed by atoms with Crippen LogP contribution in [0.15, 0.2) is 48.7 Å². The largest absolute Gasteiger partial charge is 0.481 e. The van der Waals surface area contributed by atoms with E-state index in [4.69, 9.17) is 4.74 Å². The first-order chi connectivity index (χ1) is 10.2. The third-order valence-electron chi connectivity index (χ3n) is 3.10. The molecule has 0 aliphatic carbocycles. The fraction of sp³-hybridized carbons (Fsp3) is 0.294. The molecule has 2 aromatic rings. The Hall–Kier alpha value is -2.36. The van der Waals surface area contributed by atoms with Crippen LogP contribution < -0.4 is 10.1 Å². The lowest BCUT2D eigenvalue weighted by Crippen LogP contribution is -2.37. The van der Waals surface area contributed by atoms with Gasteiger partial charge in [0.2, 0.25) is 0 Å². The SMILES string of the molecule is CC[C@H](Oc1cccc(C)c1)C(=O)NCc1ccccn1. The van der Waals surface area contributed by atoms with Gasteiger partial charge in [-0.25, -0.2) is 0 Å². The summed E-state index contributed by atoms with van der Waals surface area (Å²) in [4.78, 5) is 16.3. The number of carbonyl (C=O) groups is 1. The molecule has 0 aliphatic rings. The van der Waals surface area contributed by atoms with Gasteiger partial charge in [0, 0.05) is 6.20 Å². The molecule has 1 heterocycles. The minimum Gasteiger partial charge on any atom is -0.481 e. The van der Waals surface area contributed by atoms with E-state index in [0.29, 0.717) is 13.0 Å². The number of hydrogen-bond donors (Lipinski definition) is 1. The van der Waals surface area contributed by atoms with Crippen LogP contribution in [0.1, 0.15) is 24.6 Å². The fourth-order valence-corrected chi connectivity index (χ4v) is 1.97. The average Bonchev–Trinajstić information content (AvgIpc) is 2.51. The van der Waals surface area contributed by atoms with Gasteiger partial charge in [-0.2, -0.15) is 0 Å². The molecule has 1 amide bonds. The van der Waals surface area contributed by atoms with E-state index in [1.165, 1.54) is 0 Å². The van der Waals surface area contributed by atoms with Crippen LogP contribution in [0.25, 0.3) is 0 Å². The van der Waals surface area contributed by atoms with Gasteiger partial charge >= 0.3 is 0 Å². The van der Waals surface area contributed by atoms with Crippen molar-refractivity contribution in [2.45, 2.75) is 32.9 Å². The van der Waals surface area contributed by atoms with Crippen LogP contribution in [-0.4, -0.2) is 17.0 Å². The second kappa shape index (κ2) is 7.43. The third kappa shape index (κ3) is 4.60. The van der Waals surface area contributed by atoms with Crippen molar-refractivity contribution in [2.75, 3.05) is 0 Å². The highest BCUT2D eigenvalue weighted by atomic mass is 16.5. The number of carbonyl (C=O) groups excluding carboxylic acids is 1. The Balaban J connectivity index is 1.92. The summed E-state index contributed by atoms with van der Waals surface area (Å²) >= 11 is 0. The Bertz CT molecular complexity index is 584. The van der Waals surface area contributed by atoms with Crippen molar-refractivity contribution < 1.29 is 9.53 Å². The Morgan fingerprint density at radius 1 is 1.29 bits per heavy atom. The van der Waals surface area contributed by atoms with E-state index < -0.39 is 6.10 Å². The summed E-state index contributed by atoms with van der Waals surface area (Å²) in [5.41, 5.74) is 1.94. The van der Waals surface area contributed by atoms with Gasteiger partial charge in [0.1, 0.15) is 5.75 Å². The molecule has 0 saturated heterocycles. The summed E-state index contributed by atoms with van der Waals surface area (Å²) in [5, 5.41) is 2.86. The van der Waals surface area contributed by atoms with Crippen LogP contribution in [0, 0.1) is 6.92 Å². The van der Waals surface area contributed by atoms with E-state index in [1.807, 2.05) is 56.3 Å². The van der Waals surface area contributed by atoms with Gasteiger partial charge in [-0.1, -0.05) is 25.1 Å². The lowest BCUT2D eigenvalue weighted by atomic mass is 10.2. The van der Waals surface area contributed by atoms with Gasteiger partial charge in [0.05, 0.1) is 12.2 Å². The number of ether oxygens (including phenoxy) is 1. The second-order valence-electron chi connectivity index (χ2n) is 4.87. The minimum absolute atomic E-state index is 0.121. The molecule has 1 aromatic carbocycles. The Labute approximate surface area is 125 Å². The Morgan fingerprint density at radius 3 is 2.81 bits per heavy atom. The molecule has 21 heavy (non-hydrogen) atoms. The topological polar surface area (TPSA) is 51.2 Å². The van der Waals surface area contributed by atoms with Crippen LogP contribution in [0.2, 0.25) is 0 Å². The summed E-state index contributed by atoms with van der Waals surface area (Å²) in [5.74, 6) is 0.597. The van der Waals surface area contributed by atoms with E-state index in [0.717, 1.165) is 17.0 Å². The van der Waals surface area contributed by atoms with Gasteiger partial charge in [-0.3, -0.25) is 9.78 Å². The highest BCUT2D eigenvalue weighted by Gasteiger charge is 2.18. The number of rotatable bonds is 6. The van der Waals surface area contributed by atoms with Crippen molar-refractivity contribution in [3.63, 3.8) is 0 Å². The number of aryl methyl sites for hydroxylation is 1. The first kappa shape index (κ1) is 15.0. The minimum atomic E-state index is -0.490. The molecular formula is C17H20N2O2. The normalized spacial score (nSPS) is 11.7. The smallest absolute Gasteiger partial charge is 0.261 e. The molecule has 0 spiro atoms. The molecule has 1 N–H and O–H groups in total. The van der Waals surface area contributed by atoms with E-state index in [2.05, 4.69) is 10.3 Å². The summed E-state index contributed by atoms with van der Waals surface area (Å²) in [6.45, 7) is 4.34. The van der Waals surface area contributed by atoms with Crippen molar-refractivity contribution in [1.82, 2.24) is 10.3 Å². The first-order valence-electron chi connectivity index (χ1n) is 7.10. The number of nitrogens with zero attached hydrogens (tertiary/aromatic N) is 1. The molecule has 4 nitrogen and oxygen atoms in total. The molecular weight excluding hydrogens is 264 g/mol. The van der Waals surface area contributed by atoms with Crippen molar-refractivity contribution in [3.05, 3.63) is 59.9 Å². The molecule has 0 fully saturated rings. The van der Waals surface area contributed by atoms with Gasteiger partial charge in [0.15, 0.2) is 6.10 Å². The van der Waals surface area contributed by atoms with Gasteiger partial charge in [0.25, 0.3) is 5.91 Å². The molecule has 0 unspecified atom stereocenters. The molecule has 2 rings (SSSR count). The first-order valence-corrected chi connectivity index (χ1v) is 7.10. The maximum absolute atomic E-state index is 12.2. The van der Waals surface area contributed by atoms with Crippen LogP contribution >= 0.6 is 0 Å². The molecule has 1 atom stereocenters. The van der Waals surface area contributed by atoms with E-state index in [9.17, 15) is 4.79 Å². The summed E-state index contributed by atoms with van der Waals surface area (Å²) in [7, 11) is 0. The van der Waals surface area contributed by atoms with E-state index >= 15 is 0 Å². The lowest BCUT2D eigenvalue weighted by molar-refractivity contribution is -0.128. The van der Waals surface area contributed by atoms with E-state index in [1.54, 1.807) is 6.20 Å². The van der Waals surface area contributed by atoms with Crippen molar-refractivity contribution in [1.29, 1.82) is 0 Å². The van der Waals surface area contributed by atoms with Gasteiger partial charge < -0.3 is 10.1 Å². The Morgan fingerprint density at radius 2 is 2.14 bits per heavy atom. The standard InChI is InChI=1S/C17H20N2O2/c1-3-16(21-15-9-6-7-13(2)11-15)17(20)19-12-14-8-4-5-10-18-14/h4-11,16H,3,12H2,1-2H3,(H,19,20)/t16-/m0/s1. The van der Waals surface area contributed by atoms with Crippen molar-refractivity contribution in [2.24, 2.45) is 0 Å². The summed E-state index contributed by atoms with van der Waals surface area (Å²) in [6.07, 6.45) is 1.83. The zero-order chi connectivity index (χ0) is 15.1. The number of nitrogens with one attached hydrogen (secondary N) is 1. The predicted octanol–water partition coefficient (Wildman–Crippen LogP) is 2.86. The number of hydrogen-bond acceptors (Lipinski definition) is 3. The highest BCUT2D eigenvalue weighted by molar-refractivity contribution is 5.81. The fourth-order valence-electron chi connectivity index (χ4n) is 1.97. The number of aromatic nitrogens is 1. The van der Waals surface area contributed by atoms with Crippen molar-refractivity contribution >= 4 is 5.91 Å². The quantitative estimate of drug-likeness (QED) is 0.887. The molecule has 1 aromatic heterocycles. The average molecular weight is 284 g/mol. The highest BCUT2D eigenvalue weighted by Crippen LogP contribution is 2.15. The molecule has 110 valence electrons. The maximum Gasteiger partial charge on any atom is 0.261 e. The number of benzene rings is 1. The zero-order valence-electron chi connectivity index (χ0n) is 12.4. The zero-order valence-corrected chi connectivity index (χ0v) is 12.4. The molecule has 0 aliphatic heterocycles. The van der Waals surface area contributed by atoms with Crippen molar-refractivity contribution in [3.8, 4) is 5.75 Å². The maximum atomic E-state index is 12.2. The van der Waals surface area contributed by atoms with Crippen LogP contribution in [0.5, 0.6) is 5.75 Å². The second-order valence-corrected chi connectivity index (χ2v) is 4.87. The number of pyridine rings is 1. The van der Waals surface area contributed by atoms with Gasteiger partial charge in [-0.05, 0) is 43.2 Å². The van der Waals surface area contributed by atoms with Crippen LogP contribution in [-0.2, 0) is 11.3 Å². The summed E-state index contributed by atoms with van der Waals surface area (Å²) < 4.78 is 5.76. The number of amides is 1. The summed E-state index contributed by atoms with van der Waals surface area (Å²) in [6, 6.07) is 13.3. The predicted molar refractivity (Wildman–Crippen MR) is 82.0 cm³/mol. The van der Waals surface area contributed by atoms with Crippen LogP contribution in [0.3, 0.4) is 0 Å². The molecule has 0 radical (unpaired) electrons. The molecule has 0 saturated carbocycles. The lowest BCUT2D eigenvalue weighted by Gasteiger charge is -2.17. The Kier molecular flexibility index (Phi) is 5.32. The van der Waals surface area contributed by atoms with Crippen LogP contribution in [0.4, 0.5) is 0 Å². The monoisotopic (exact) mass is 284 g/mol. The molecule has 4 heteroatoms. The third-order valence-corrected chi connectivity index (χ3v) is 3.10.